The molecule has 2 amide bonds. The van der Waals surface area contributed by atoms with Gasteiger partial charge in [0.05, 0.1) is 12.6 Å². The minimum absolute atomic E-state index is 0.108. The minimum Gasteiger partial charge on any atom is -0.327 e. The number of hydrogen-bond acceptors (Lipinski definition) is 6. The second-order valence-corrected chi connectivity index (χ2v) is 8.45. The Kier molecular flexibility index (Phi) is 7.09. The average molecular weight is 449 g/mol. The number of amides is 2. The zero-order chi connectivity index (χ0) is 23.2. The van der Waals surface area contributed by atoms with E-state index in [9.17, 15) is 9.59 Å². The highest BCUT2D eigenvalue weighted by atomic mass is 16.5. The van der Waals surface area contributed by atoms with Gasteiger partial charge >= 0.3 is 0 Å². The fraction of sp³-hybridized carbons (Fsp3) is 0.375. The molecule has 0 spiro atoms. The number of tetrazole rings is 1. The van der Waals surface area contributed by atoms with Crippen molar-refractivity contribution < 1.29 is 14.8 Å². The highest BCUT2D eigenvalue weighted by Crippen LogP contribution is 2.28. The van der Waals surface area contributed by atoms with Gasteiger partial charge in [-0.1, -0.05) is 49.6 Å². The number of benzene rings is 2. The predicted octanol–water partition coefficient (Wildman–Crippen LogP) is 3.45. The van der Waals surface area contributed by atoms with E-state index in [1.54, 1.807) is 34.6 Å². The smallest absolute Gasteiger partial charge is 0.274 e. The van der Waals surface area contributed by atoms with Gasteiger partial charge in [-0.3, -0.25) is 14.8 Å². The van der Waals surface area contributed by atoms with Crippen molar-refractivity contribution in [3.8, 4) is 0 Å². The molecule has 33 heavy (non-hydrogen) atoms. The molecule has 2 aromatic carbocycles. The second-order valence-electron chi connectivity index (χ2n) is 8.45. The number of hydroxylamine groups is 1. The number of carbonyl (C=O) groups excluding carboxylic acids is 2. The Balaban J connectivity index is 1.61. The van der Waals surface area contributed by atoms with E-state index in [-0.39, 0.29) is 18.5 Å². The van der Waals surface area contributed by atoms with Crippen molar-refractivity contribution in [2.24, 2.45) is 0 Å². The van der Waals surface area contributed by atoms with Crippen LogP contribution >= 0.6 is 0 Å². The highest BCUT2D eigenvalue weighted by molar-refractivity contribution is 5.95. The lowest BCUT2D eigenvalue weighted by Crippen LogP contribution is -2.32. The third kappa shape index (κ3) is 5.25. The molecule has 9 heteroatoms. The van der Waals surface area contributed by atoms with E-state index < -0.39 is 5.91 Å². The third-order valence-electron chi connectivity index (χ3n) is 6.17. The number of aryl methyl sites for hydroxylation is 1. The zero-order valence-corrected chi connectivity index (χ0v) is 18.6. The van der Waals surface area contributed by atoms with E-state index in [4.69, 9.17) is 5.21 Å². The van der Waals surface area contributed by atoms with Crippen LogP contribution in [-0.2, 0) is 13.1 Å². The van der Waals surface area contributed by atoms with E-state index in [1.807, 2.05) is 35.9 Å². The standard InChI is InChI=1S/C24H28N6O3/c1-17-7-5-6-10-21(17)24(32)29(15-18-11-13-19(14-12-18)23(31)26-33)16-22-25-27-28-30(22)20-8-3-2-4-9-20/h5-7,10-14,20,33H,2-4,8-9,15-16H2,1H3,(H,26,31). The van der Waals surface area contributed by atoms with Crippen molar-refractivity contribution >= 4 is 11.8 Å². The maximum atomic E-state index is 13.6. The van der Waals surface area contributed by atoms with Crippen molar-refractivity contribution in [3.05, 3.63) is 76.6 Å². The molecule has 0 saturated heterocycles. The Morgan fingerprint density at radius 1 is 1.06 bits per heavy atom. The molecule has 0 radical (unpaired) electrons. The van der Waals surface area contributed by atoms with Gasteiger partial charge in [-0.15, -0.1) is 5.10 Å². The van der Waals surface area contributed by atoms with Crippen LogP contribution in [0.5, 0.6) is 0 Å². The topological polar surface area (TPSA) is 113 Å². The Bertz CT molecular complexity index is 1110. The molecule has 172 valence electrons. The van der Waals surface area contributed by atoms with Gasteiger partial charge < -0.3 is 4.90 Å². The molecule has 1 aromatic heterocycles. The quantitative estimate of drug-likeness (QED) is 0.423. The summed E-state index contributed by atoms with van der Waals surface area (Å²) >= 11 is 0. The fourth-order valence-corrected chi connectivity index (χ4v) is 4.33. The van der Waals surface area contributed by atoms with Crippen molar-refractivity contribution in [1.29, 1.82) is 0 Å². The van der Waals surface area contributed by atoms with Gasteiger partial charge in [-0.2, -0.15) is 0 Å². The number of hydrogen-bond donors (Lipinski definition) is 2. The molecule has 1 aliphatic rings. The number of carbonyl (C=O) groups is 2. The first kappa shape index (κ1) is 22.6. The van der Waals surface area contributed by atoms with Gasteiger partial charge in [0.15, 0.2) is 5.82 Å². The zero-order valence-electron chi connectivity index (χ0n) is 18.6. The summed E-state index contributed by atoms with van der Waals surface area (Å²) in [5.41, 5.74) is 4.34. The predicted molar refractivity (Wildman–Crippen MR) is 120 cm³/mol. The molecule has 1 heterocycles. The summed E-state index contributed by atoms with van der Waals surface area (Å²) in [6.45, 7) is 2.51. The van der Waals surface area contributed by atoms with Gasteiger partial charge in [0.25, 0.3) is 11.8 Å². The van der Waals surface area contributed by atoms with E-state index >= 15 is 0 Å². The molecular weight excluding hydrogens is 420 g/mol. The van der Waals surface area contributed by atoms with Crippen molar-refractivity contribution in [2.75, 3.05) is 0 Å². The van der Waals surface area contributed by atoms with Crippen molar-refractivity contribution in [3.63, 3.8) is 0 Å². The fourth-order valence-electron chi connectivity index (χ4n) is 4.33. The molecule has 0 bridgehead atoms. The van der Waals surface area contributed by atoms with E-state index in [0.29, 0.717) is 23.5 Å². The molecule has 0 atom stereocenters. The largest absolute Gasteiger partial charge is 0.327 e. The molecule has 0 unspecified atom stereocenters. The Labute approximate surface area is 192 Å². The number of nitrogens with one attached hydrogen (secondary N) is 1. The lowest BCUT2D eigenvalue weighted by Gasteiger charge is -2.26. The molecule has 4 rings (SSSR count). The van der Waals surface area contributed by atoms with E-state index in [2.05, 4.69) is 15.5 Å². The van der Waals surface area contributed by atoms with Crippen LogP contribution in [0.1, 0.15) is 75.8 Å². The first-order chi connectivity index (χ1) is 16.1. The van der Waals surface area contributed by atoms with Gasteiger partial charge in [0.2, 0.25) is 0 Å². The summed E-state index contributed by atoms with van der Waals surface area (Å²) in [6.07, 6.45) is 5.62. The van der Waals surface area contributed by atoms with Crippen molar-refractivity contribution in [1.82, 2.24) is 30.6 Å². The molecule has 1 aliphatic carbocycles. The molecule has 0 aliphatic heterocycles. The molecule has 1 saturated carbocycles. The van der Waals surface area contributed by atoms with Crippen LogP contribution in [0, 0.1) is 6.92 Å². The molecule has 1 fully saturated rings. The summed E-state index contributed by atoms with van der Waals surface area (Å²) in [6, 6.07) is 14.5. The van der Waals surface area contributed by atoms with Crippen LogP contribution in [0.15, 0.2) is 48.5 Å². The monoisotopic (exact) mass is 448 g/mol. The number of nitrogens with zero attached hydrogens (tertiary/aromatic N) is 5. The summed E-state index contributed by atoms with van der Waals surface area (Å²) < 4.78 is 1.88. The van der Waals surface area contributed by atoms with Crippen LogP contribution < -0.4 is 5.48 Å². The molecule has 3 aromatic rings. The minimum atomic E-state index is -0.582. The Hall–Kier alpha value is -3.59. The van der Waals surface area contributed by atoms with Crippen LogP contribution in [0.3, 0.4) is 0 Å². The summed E-state index contributed by atoms with van der Waals surface area (Å²) in [5.74, 6) is -0.0235. The van der Waals surface area contributed by atoms with Gasteiger partial charge in [-0.05, 0) is 59.5 Å². The number of rotatable bonds is 7. The third-order valence-corrected chi connectivity index (χ3v) is 6.17. The van der Waals surface area contributed by atoms with Gasteiger partial charge in [0.1, 0.15) is 0 Å². The lowest BCUT2D eigenvalue weighted by atomic mass is 9.95. The molecule has 2 N–H and O–H groups in total. The first-order valence-electron chi connectivity index (χ1n) is 11.2. The van der Waals surface area contributed by atoms with Gasteiger partial charge in [-0.25, -0.2) is 10.2 Å². The Morgan fingerprint density at radius 2 is 1.79 bits per heavy atom. The maximum absolute atomic E-state index is 13.6. The molecular formula is C24H28N6O3. The van der Waals surface area contributed by atoms with Gasteiger partial charge in [0, 0.05) is 17.7 Å². The van der Waals surface area contributed by atoms with Crippen molar-refractivity contribution in [2.45, 2.75) is 58.2 Å². The summed E-state index contributed by atoms with van der Waals surface area (Å²) in [7, 11) is 0. The molecule has 9 nitrogen and oxygen atoms in total. The second kappa shape index (κ2) is 10.4. The first-order valence-corrected chi connectivity index (χ1v) is 11.2. The van der Waals surface area contributed by atoms with Crippen LogP contribution in [0.4, 0.5) is 0 Å². The Morgan fingerprint density at radius 3 is 2.48 bits per heavy atom. The number of aromatic nitrogens is 4. The lowest BCUT2D eigenvalue weighted by molar-refractivity contribution is 0.0702. The van der Waals surface area contributed by atoms with Crippen LogP contribution in [0.2, 0.25) is 0 Å². The van der Waals surface area contributed by atoms with E-state index in [1.165, 1.54) is 6.42 Å². The summed E-state index contributed by atoms with van der Waals surface area (Å²) in [5, 5.41) is 21.2. The normalized spacial score (nSPS) is 14.1. The summed E-state index contributed by atoms with van der Waals surface area (Å²) in [4.78, 5) is 26.9. The highest BCUT2D eigenvalue weighted by Gasteiger charge is 2.24. The van der Waals surface area contributed by atoms with Crippen LogP contribution in [0.25, 0.3) is 0 Å². The SMILES string of the molecule is Cc1ccccc1C(=O)N(Cc1ccc(C(=O)NO)cc1)Cc1nnnn1C1CCCCC1. The maximum Gasteiger partial charge on any atom is 0.274 e. The van der Waals surface area contributed by atoms with E-state index in [0.717, 1.165) is 36.8 Å². The average Bonchev–Trinajstić information content (AvgIpc) is 3.32. The van der Waals surface area contributed by atoms with Crippen LogP contribution in [-0.4, -0.2) is 42.1 Å².